The zero-order valence-electron chi connectivity index (χ0n) is 15.8. The number of benzene rings is 1. The fraction of sp³-hybridized carbons (Fsp3) is 0.368. The normalized spacial score (nSPS) is 21.3. The minimum absolute atomic E-state index is 0.173. The lowest BCUT2D eigenvalue weighted by molar-refractivity contribution is 0.0486. The summed E-state index contributed by atoms with van der Waals surface area (Å²) in [7, 11) is 1.69. The highest BCUT2D eigenvalue weighted by Gasteiger charge is 2.41. The van der Waals surface area contributed by atoms with Crippen LogP contribution in [0.1, 0.15) is 25.0 Å². The predicted octanol–water partition coefficient (Wildman–Crippen LogP) is 2.95. The number of aromatic nitrogens is 2. The highest BCUT2D eigenvalue weighted by molar-refractivity contribution is 9.10. The number of hydrogen-bond acceptors (Lipinski definition) is 7. The second-order valence-corrected chi connectivity index (χ2v) is 8.34. The molecule has 0 saturated carbocycles. The van der Waals surface area contributed by atoms with Crippen molar-refractivity contribution in [1.29, 1.82) is 0 Å². The molecule has 1 amide bonds. The number of rotatable bonds is 3. The molecular formula is C19H20BrN5O3. The summed E-state index contributed by atoms with van der Waals surface area (Å²) in [5.74, 6) is 0.419. The number of carbonyl (C=O) groups is 1. The molecule has 1 atom stereocenters. The van der Waals surface area contributed by atoms with E-state index in [1.165, 1.54) is 11.2 Å². The number of hydrogen-bond donors (Lipinski definition) is 1. The van der Waals surface area contributed by atoms with Crippen LogP contribution in [0.15, 0.2) is 34.2 Å². The fourth-order valence-corrected chi connectivity index (χ4v) is 4.04. The monoisotopic (exact) mass is 445 g/mol. The minimum Gasteiger partial charge on any atom is -0.440 e. The van der Waals surface area contributed by atoms with Gasteiger partial charge in [-0.1, -0.05) is 27.2 Å². The molecule has 8 nitrogen and oxygen atoms in total. The summed E-state index contributed by atoms with van der Waals surface area (Å²) < 4.78 is 6.15. The van der Waals surface area contributed by atoms with Gasteiger partial charge >= 0.3 is 6.09 Å². The topological polar surface area (TPSA) is 103 Å². The van der Waals surface area contributed by atoms with E-state index < -0.39 is 5.41 Å². The number of nitrogen functional groups attached to an aromatic ring is 1. The maximum absolute atomic E-state index is 11.5. The summed E-state index contributed by atoms with van der Waals surface area (Å²) >= 11 is 3.53. The standard InChI is InChI=1S/C19H20BrN5O3/c1-19(2)14-15(22-9-23-17(14)21)12-5-4-10(20)6-13(12)16(19)24-27-8-11-7-25(3)18(26)28-11/h4-6,9,11H,7-8H2,1-3H3,(H2,21,22,23)/b24-16+/t11-/m0/s1. The molecule has 0 unspecified atom stereocenters. The van der Waals surface area contributed by atoms with Gasteiger partial charge in [0.05, 0.1) is 18.0 Å². The van der Waals surface area contributed by atoms with Crippen LogP contribution in [0.25, 0.3) is 11.3 Å². The molecule has 0 bridgehead atoms. The summed E-state index contributed by atoms with van der Waals surface area (Å²) in [6.45, 7) is 4.67. The quantitative estimate of drug-likeness (QED) is 0.728. The van der Waals surface area contributed by atoms with Crippen molar-refractivity contribution < 1.29 is 14.4 Å². The van der Waals surface area contributed by atoms with Crippen molar-refractivity contribution in [1.82, 2.24) is 14.9 Å². The molecule has 1 aliphatic heterocycles. The second-order valence-electron chi connectivity index (χ2n) is 7.42. The Bertz CT molecular complexity index is 992. The molecule has 2 N–H and O–H groups in total. The van der Waals surface area contributed by atoms with Gasteiger partial charge in [0.1, 0.15) is 12.1 Å². The molecule has 1 aromatic carbocycles. The molecule has 2 aromatic rings. The van der Waals surface area contributed by atoms with Gasteiger partial charge in [-0.2, -0.15) is 0 Å². The van der Waals surface area contributed by atoms with Crippen molar-refractivity contribution in [2.75, 3.05) is 25.9 Å². The van der Waals surface area contributed by atoms with Crippen molar-refractivity contribution in [3.8, 4) is 11.3 Å². The third kappa shape index (κ3) is 2.99. The number of amides is 1. The first-order valence-corrected chi connectivity index (χ1v) is 9.61. The number of nitrogens with two attached hydrogens (primary N) is 1. The van der Waals surface area contributed by atoms with Crippen molar-refractivity contribution in [3.05, 3.63) is 40.1 Å². The van der Waals surface area contributed by atoms with Gasteiger partial charge in [0.15, 0.2) is 12.7 Å². The van der Waals surface area contributed by atoms with Crippen LogP contribution in [0.2, 0.25) is 0 Å². The van der Waals surface area contributed by atoms with Crippen LogP contribution in [-0.2, 0) is 15.0 Å². The second kappa shape index (κ2) is 6.73. The third-order valence-corrected chi connectivity index (χ3v) is 5.55. The van der Waals surface area contributed by atoms with Crippen molar-refractivity contribution in [2.45, 2.75) is 25.4 Å². The van der Waals surface area contributed by atoms with Gasteiger partial charge in [-0.3, -0.25) is 0 Å². The van der Waals surface area contributed by atoms with Crippen LogP contribution in [0, 0.1) is 0 Å². The van der Waals surface area contributed by atoms with Gasteiger partial charge in [0.2, 0.25) is 0 Å². The van der Waals surface area contributed by atoms with Gasteiger partial charge in [-0.05, 0) is 26.0 Å². The van der Waals surface area contributed by atoms with Gasteiger partial charge in [-0.25, -0.2) is 14.8 Å². The molecular weight excluding hydrogens is 426 g/mol. The van der Waals surface area contributed by atoms with Crippen molar-refractivity contribution >= 4 is 33.6 Å². The van der Waals surface area contributed by atoms with Gasteiger partial charge in [0, 0.05) is 33.6 Å². The van der Waals surface area contributed by atoms with Gasteiger partial charge in [-0.15, -0.1) is 0 Å². The number of anilines is 1. The molecule has 4 rings (SSSR count). The molecule has 28 heavy (non-hydrogen) atoms. The summed E-state index contributed by atoms with van der Waals surface area (Å²) in [4.78, 5) is 27.3. The maximum atomic E-state index is 11.5. The molecule has 1 fully saturated rings. The summed E-state index contributed by atoms with van der Waals surface area (Å²) in [6, 6.07) is 5.92. The summed E-state index contributed by atoms with van der Waals surface area (Å²) in [5, 5.41) is 4.45. The van der Waals surface area contributed by atoms with E-state index in [4.69, 9.17) is 15.3 Å². The number of cyclic esters (lactones) is 1. The number of oxime groups is 1. The highest BCUT2D eigenvalue weighted by Crippen LogP contribution is 2.44. The van der Waals surface area contributed by atoms with Crippen LogP contribution in [0.4, 0.5) is 10.6 Å². The highest BCUT2D eigenvalue weighted by atomic mass is 79.9. The Morgan fingerprint density at radius 3 is 2.89 bits per heavy atom. The van der Waals surface area contributed by atoms with Gasteiger partial charge in [0.25, 0.3) is 0 Å². The summed E-state index contributed by atoms with van der Waals surface area (Å²) in [6.07, 6.45) is 0.767. The van der Waals surface area contributed by atoms with E-state index in [-0.39, 0.29) is 18.8 Å². The first-order chi connectivity index (χ1) is 13.3. The first-order valence-electron chi connectivity index (χ1n) is 8.82. The molecule has 1 saturated heterocycles. The molecule has 2 heterocycles. The van der Waals surface area contributed by atoms with E-state index in [2.05, 4.69) is 31.1 Å². The SMILES string of the molecule is CN1C[C@@H](CO/N=C2\c3cc(Br)ccc3-c3ncnc(N)c3C2(C)C)OC1=O. The van der Waals surface area contributed by atoms with Crippen LogP contribution in [0.5, 0.6) is 0 Å². The number of nitrogens with zero attached hydrogens (tertiary/aromatic N) is 4. The Hall–Kier alpha value is -2.68. The Morgan fingerprint density at radius 2 is 2.18 bits per heavy atom. The van der Waals surface area contributed by atoms with E-state index >= 15 is 0 Å². The van der Waals surface area contributed by atoms with E-state index in [1.54, 1.807) is 7.05 Å². The molecule has 0 spiro atoms. The zero-order chi connectivity index (χ0) is 20.1. The Labute approximate surface area is 170 Å². The lowest BCUT2D eigenvalue weighted by atomic mass is 9.70. The van der Waals surface area contributed by atoms with E-state index in [9.17, 15) is 4.79 Å². The number of likely N-dealkylation sites (N-methyl/N-ethyl adjacent to an activating group) is 1. The smallest absolute Gasteiger partial charge is 0.410 e. The Kier molecular flexibility index (Phi) is 4.49. The number of halogens is 1. The molecule has 9 heteroatoms. The van der Waals surface area contributed by atoms with Crippen LogP contribution in [-0.4, -0.2) is 53.0 Å². The van der Waals surface area contributed by atoms with Crippen molar-refractivity contribution in [2.24, 2.45) is 5.16 Å². The number of fused-ring (bicyclic) bond motifs is 3. The first kappa shape index (κ1) is 18.7. The largest absolute Gasteiger partial charge is 0.440 e. The fourth-order valence-electron chi connectivity index (χ4n) is 3.68. The molecule has 2 aliphatic rings. The number of carbonyl (C=O) groups excluding carboxylic acids is 1. The van der Waals surface area contributed by atoms with E-state index in [0.717, 1.165) is 32.6 Å². The Balaban J connectivity index is 1.73. The van der Waals surface area contributed by atoms with E-state index in [0.29, 0.717) is 12.4 Å². The summed E-state index contributed by atoms with van der Waals surface area (Å²) in [5.41, 5.74) is 9.79. The predicted molar refractivity (Wildman–Crippen MR) is 108 cm³/mol. The van der Waals surface area contributed by atoms with E-state index in [1.807, 2.05) is 32.0 Å². The van der Waals surface area contributed by atoms with Gasteiger partial charge < -0.3 is 20.2 Å². The maximum Gasteiger partial charge on any atom is 0.410 e. The molecule has 0 radical (unpaired) electrons. The van der Waals surface area contributed by atoms with Crippen LogP contribution >= 0.6 is 15.9 Å². The van der Waals surface area contributed by atoms with Crippen molar-refractivity contribution in [3.63, 3.8) is 0 Å². The molecule has 1 aromatic heterocycles. The average Bonchev–Trinajstić information content (AvgIpc) is 2.95. The average molecular weight is 446 g/mol. The molecule has 146 valence electrons. The number of ether oxygens (including phenoxy) is 1. The lowest BCUT2D eigenvalue weighted by Gasteiger charge is -2.34. The third-order valence-electron chi connectivity index (χ3n) is 5.06. The van der Waals surface area contributed by atoms with Crippen LogP contribution < -0.4 is 5.73 Å². The Morgan fingerprint density at radius 1 is 1.39 bits per heavy atom. The van der Waals surface area contributed by atoms with Crippen LogP contribution in [0.3, 0.4) is 0 Å². The minimum atomic E-state index is -0.572. The lowest BCUT2D eigenvalue weighted by Crippen LogP contribution is -2.36. The zero-order valence-corrected chi connectivity index (χ0v) is 17.4. The molecule has 1 aliphatic carbocycles.